The number of hydrogen-bond donors (Lipinski definition) is 1. The molecule has 0 saturated carbocycles. The summed E-state index contributed by atoms with van der Waals surface area (Å²) in [6.45, 7) is -0.695. The van der Waals surface area contributed by atoms with Crippen molar-refractivity contribution in [3.63, 3.8) is 0 Å². The van der Waals surface area contributed by atoms with Crippen LogP contribution in [0.2, 0.25) is 0 Å². The maximum absolute atomic E-state index is 12.4. The molecule has 0 aliphatic carbocycles. The summed E-state index contributed by atoms with van der Waals surface area (Å²) in [5.41, 5.74) is 5.97. The van der Waals surface area contributed by atoms with Gasteiger partial charge in [0, 0.05) is 5.69 Å². The lowest BCUT2D eigenvalue weighted by molar-refractivity contribution is 0.508. The van der Waals surface area contributed by atoms with Crippen LogP contribution in [-0.4, -0.2) is 11.9 Å². The van der Waals surface area contributed by atoms with E-state index in [1.807, 2.05) is 6.07 Å². The molecule has 0 unspecified atom stereocenters. The average Bonchev–Trinajstić information content (AvgIpc) is 2.07. The van der Waals surface area contributed by atoms with Gasteiger partial charge in [-0.3, -0.25) is 4.90 Å². The molecule has 0 atom stereocenters. The summed E-state index contributed by atoms with van der Waals surface area (Å²) in [7, 11) is 0. The van der Waals surface area contributed by atoms with E-state index in [9.17, 15) is 4.39 Å². The van der Waals surface area contributed by atoms with Gasteiger partial charge in [0.25, 0.3) is 0 Å². The van der Waals surface area contributed by atoms with Crippen molar-refractivity contribution in [2.24, 2.45) is 5.73 Å². The van der Waals surface area contributed by atoms with E-state index < -0.39 is 6.80 Å². The van der Waals surface area contributed by atoms with Gasteiger partial charge < -0.3 is 5.73 Å². The predicted octanol–water partition coefficient (Wildman–Crippen LogP) is 1.66. The largest absolute Gasteiger partial charge is 0.376 e. The Morgan fingerprint density at radius 3 is 2.42 bits per heavy atom. The highest BCUT2D eigenvalue weighted by atomic mass is 32.1. The minimum absolute atomic E-state index is 0.0451. The first-order valence-corrected chi connectivity index (χ1v) is 3.84. The van der Waals surface area contributed by atoms with Gasteiger partial charge in [-0.15, -0.1) is 0 Å². The van der Waals surface area contributed by atoms with Crippen LogP contribution in [-0.2, 0) is 0 Å². The summed E-state index contributed by atoms with van der Waals surface area (Å²) in [6, 6.07) is 8.95. The van der Waals surface area contributed by atoms with E-state index in [4.69, 9.17) is 5.73 Å². The summed E-state index contributed by atoms with van der Waals surface area (Å²) in [5, 5.41) is 0.0451. The molecule has 1 aromatic rings. The summed E-state index contributed by atoms with van der Waals surface area (Å²) in [5.74, 6) is 0. The van der Waals surface area contributed by atoms with Crippen molar-refractivity contribution < 1.29 is 4.39 Å². The number of halogens is 1. The minimum Gasteiger partial charge on any atom is -0.376 e. The second kappa shape index (κ2) is 4.01. The zero-order chi connectivity index (χ0) is 8.97. The van der Waals surface area contributed by atoms with Crippen molar-refractivity contribution in [2.75, 3.05) is 11.7 Å². The first-order valence-electron chi connectivity index (χ1n) is 3.43. The third kappa shape index (κ3) is 1.92. The van der Waals surface area contributed by atoms with Gasteiger partial charge in [-0.25, -0.2) is 4.39 Å². The molecule has 64 valence electrons. The van der Waals surface area contributed by atoms with E-state index in [-0.39, 0.29) is 5.11 Å². The van der Waals surface area contributed by atoms with Crippen LogP contribution >= 0.6 is 12.2 Å². The Morgan fingerprint density at radius 1 is 1.42 bits per heavy atom. The molecule has 2 N–H and O–H groups in total. The Labute approximate surface area is 75.8 Å². The molecule has 0 saturated heterocycles. The summed E-state index contributed by atoms with van der Waals surface area (Å²) in [4.78, 5) is 1.22. The van der Waals surface area contributed by atoms with E-state index in [2.05, 4.69) is 12.2 Å². The maximum atomic E-state index is 12.4. The highest BCUT2D eigenvalue weighted by Crippen LogP contribution is 2.12. The highest BCUT2D eigenvalue weighted by molar-refractivity contribution is 7.80. The standard InChI is InChI=1S/C8H9FN2S/c9-6-11(8(10)12)7-4-2-1-3-5-7/h1-5H,6H2,(H2,10,12). The quantitative estimate of drug-likeness (QED) is 0.560. The molecule has 0 amide bonds. The molecule has 2 nitrogen and oxygen atoms in total. The van der Waals surface area contributed by atoms with Crippen LogP contribution in [0.25, 0.3) is 0 Å². The Balaban J connectivity index is 2.88. The number of nitrogens with two attached hydrogens (primary N) is 1. The Bertz CT molecular complexity index is 263. The molecule has 0 aliphatic heterocycles. The van der Waals surface area contributed by atoms with Crippen LogP contribution in [0, 0.1) is 0 Å². The second-order valence-corrected chi connectivity index (χ2v) is 2.64. The molecule has 0 aliphatic rings. The Kier molecular flexibility index (Phi) is 2.99. The van der Waals surface area contributed by atoms with Gasteiger partial charge in [0.15, 0.2) is 11.9 Å². The van der Waals surface area contributed by atoms with Gasteiger partial charge in [-0.2, -0.15) is 0 Å². The molecule has 12 heavy (non-hydrogen) atoms. The number of rotatable bonds is 2. The van der Waals surface area contributed by atoms with Crippen LogP contribution in [0.3, 0.4) is 0 Å². The van der Waals surface area contributed by atoms with E-state index >= 15 is 0 Å². The number of para-hydroxylation sites is 1. The topological polar surface area (TPSA) is 29.3 Å². The number of alkyl halides is 1. The zero-order valence-corrected chi connectivity index (χ0v) is 7.22. The fourth-order valence-electron chi connectivity index (χ4n) is 0.863. The molecule has 1 aromatic carbocycles. The molecule has 0 aromatic heterocycles. The number of nitrogens with zero attached hydrogens (tertiary/aromatic N) is 1. The molecule has 0 fully saturated rings. The number of benzene rings is 1. The lowest BCUT2D eigenvalue weighted by atomic mass is 10.3. The van der Waals surface area contributed by atoms with Crippen LogP contribution in [0.15, 0.2) is 30.3 Å². The van der Waals surface area contributed by atoms with Gasteiger partial charge in [0.05, 0.1) is 0 Å². The fourth-order valence-corrected chi connectivity index (χ4v) is 1.02. The number of anilines is 1. The van der Waals surface area contributed by atoms with Gasteiger partial charge in [0.1, 0.15) is 0 Å². The molecule has 0 spiro atoms. The fraction of sp³-hybridized carbons (Fsp3) is 0.125. The zero-order valence-electron chi connectivity index (χ0n) is 6.40. The van der Waals surface area contributed by atoms with E-state index in [1.165, 1.54) is 4.90 Å². The molecular formula is C8H9FN2S. The number of thiocarbonyl (C=S) groups is 1. The van der Waals surface area contributed by atoms with E-state index in [0.29, 0.717) is 5.69 Å². The third-order valence-corrected chi connectivity index (χ3v) is 1.67. The molecular weight excluding hydrogens is 175 g/mol. The van der Waals surface area contributed by atoms with Crippen LogP contribution in [0.4, 0.5) is 10.1 Å². The van der Waals surface area contributed by atoms with Crippen molar-refractivity contribution >= 4 is 23.0 Å². The first kappa shape index (κ1) is 8.93. The smallest absolute Gasteiger partial charge is 0.172 e. The molecule has 0 heterocycles. The SMILES string of the molecule is NC(=S)N(CF)c1ccccc1. The maximum Gasteiger partial charge on any atom is 0.172 e. The Morgan fingerprint density at radius 2 is 2.00 bits per heavy atom. The van der Waals surface area contributed by atoms with Crippen LogP contribution in [0.1, 0.15) is 0 Å². The van der Waals surface area contributed by atoms with E-state index in [1.54, 1.807) is 24.3 Å². The molecule has 1 rings (SSSR count). The monoisotopic (exact) mass is 184 g/mol. The van der Waals surface area contributed by atoms with Crippen molar-refractivity contribution in [2.45, 2.75) is 0 Å². The Hall–Kier alpha value is -1.16. The molecule has 4 heteroatoms. The van der Waals surface area contributed by atoms with Crippen LogP contribution < -0.4 is 10.6 Å². The minimum atomic E-state index is -0.695. The van der Waals surface area contributed by atoms with Gasteiger partial charge >= 0.3 is 0 Å². The first-order chi connectivity index (χ1) is 5.75. The third-order valence-electron chi connectivity index (χ3n) is 1.45. The lowest BCUT2D eigenvalue weighted by Crippen LogP contribution is -2.34. The summed E-state index contributed by atoms with van der Waals surface area (Å²) >= 11 is 4.66. The molecule has 0 bridgehead atoms. The van der Waals surface area contributed by atoms with Crippen molar-refractivity contribution in [1.82, 2.24) is 0 Å². The number of hydrogen-bond acceptors (Lipinski definition) is 1. The van der Waals surface area contributed by atoms with Gasteiger partial charge in [-0.05, 0) is 24.4 Å². The normalized spacial score (nSPS) is 9.42. The second-order valence-electron chi connectivity index (χ2n) is 2.22. The summed E-state index contributed by atoms with van der Waals surface area (Å²) in [6.07, 6.45) is 0. The molecule has 0 radical (unpaired) electrons. The summed E-state index contributed by atoms with van der Waals surface area (Å²) < 4.78 is 12.4. The van der Waals surface area contributed by atoms with Crippen molar-refractivity contribution in [3.05, 3.63) is 30.3 Å². The lowest BCUT2D eigenvalue weighted by Gasteiger charge is -2.17. The van der Waals surface area contributed by atoms with Crippen molar-refractivity contribution in [3.8, 4) is 0 Å². The van der Waals surface area contributed by atoms with Crippen molar-refractivity contribution in [1.29, 1.82) is 0 Å². The van der Waals surface area contributed by atoms with Gasteiger partial charge in [-0.1, -0.05) is 18.2 Å². The van der Waals surface area contributed by atoms with E-state index in [0.717, 1.165) is 0 Å². The average molecular weight is 184 g/mol. The van der Waals surface area contributed by atoms with Gasteiger partial charge in [0.2, 0.25) is 0 Å². The predicted molar refractivity (Wildman–Crippen MR) is 51.7 cm³/mol. The van der Waals surface area contributed by atoms with Crippen LogP contribution in [0.5, 0.6) is 0 Å². The highest BCUT2D eigenvalue weighted by Gasteiger charge is 2.06.